The van der Waals surface area contributed by atoms with Crippen LogP contribution in [0.4, 0.5) is 11.4 Å². The number of hydrogen-bond acceptors (Lipinski definition) is 5. The van der Waals surface area contributed by atoms with Crippen molar-refractivity contribution in [1.82, 2.24) is 0 Å². The molecular formula is C11H14N2O5. The number of nitrogens with zero attached hydrogens (tertiary/aromatic N) is 1. The zero-order chi connectivity index (χ0) is 13.5. The minimum Gasteiger partial charge on any atom is -0.477 e. The van der Waals surface area contributed by atoms with Crippen LogP contribution in [0.5, 0.6) is 0 Å². The molecule has 1 rings (SSSR count). The van der Waals surface area contributed by atoms with Gasteiger partial charge in [-0.25, -0.2) is 4.79 Å². The Labute approximate surface area is 104 Å². The predicted octanol–water partition coefficient (Wildman–Crippen LogP) is 1.74. The van der Waals surface area contributed by atoms with Gasteiger partial charge in [0.15, 0.2) is 0 Å². The molecule has 2 N–H and O–H groups in total. The second kappa shape index (κ2) is 6.55. The molecule has 0 unspecified atom stereocenters. The largest absolute Gasteiger partial charge is 0.477 e. The van der Waals surface area contributed by atoms with Gasteiger partial charge in [-0.1, -0.05) is 0 Å². The fraction of sp³-hybridized carbons (Fsp3) is 0.364. The quantitative estimate of drug-likeness (QED) is 0.436. The van der Waals surface area contributed by atoms with Gasteiger partial charge in [0.1, 0.15) is 5.56 Å². The van der Waals surface area contributed by atoms with Gasteiger partial charge in [0.25, 0.3) is 5.69 Å². The van der Waals surface area contributed by atoms with Gasteiger partial charge in [0, 0.05) is 32.0 Å². The Bertz CT molecular complexity index is 447. The Hall–Kier alpha value is -2.15. The van der Waals surface area contributed by atoms with E-state index in [4.69, 9.17) is 9.84 Å². The number of anilines is 1. The Morgan fingerprint density at radius 3 is 2.83 bits per heavy atom. The average Bonchev–Trinajstić information content (AvgIpc) is 2.34. The van der Waals surface area contributed by atoms with Crippen molar-refractivity contribution in [3.8, 4) is 0 Å². The Morgan fingerprint density at radius 2 is 2.28 bits per heavy atom. The van der Waals surface area contributed by atoms with Gasteiger partial charge >= 0.3 is 5.97 Å². The third-order valence-electron chi connectivity index (χ3n) is 2.28. The van der Waals surface area contributed by atoms with Crippen LogP contribution in [-0.2, 0) is 4.74 Å². The number of carboxylic acid groups (broad SMARTS) is 1. The molecule has 7 nitrogen and oxygen atoms in total. The Kier molecular flexibility index (Phi) is 5.06. The van der Waals surface area contributed by atoms with E-state index in [9.17, 15) is 14.9 Å². The van der Waals surface area contributed by atoms with E-state index in [1.165, 1.54) is 18.2 Å². The number of rotatable bonds is 7. The topological polar surface area (TPSA) is 102 Å². The van der Waals surface area contributed by atoms with Crippen molar-refractivity contribution >= 4 is 17.3 Å². The van der Waals surface area contributed by atoms with Gasteiger partial charge in [-0.15, -0.1) is 0 Å². The van der Waals surface area contributed by atoms with Crippen molar-refractivity contribution in [1.29, 1.82) is 0 Å². The highest BCUT2D eigenvalue weighted by atomic mass is 16.6. The molecule has 7 heteroatoms. The third-order valence-corrected chi connectivity index (χ3v) is 2.28. The second-order valence-corrected chi connectivity index (χ2v) is 3.57. The molecule has 0 aromatic heterocycles. The summed E-state index contributed by atoms with van der Waals surface area (Å²) in [4.78, 5) is 20.8. The summed E-state index contributed by atoms with van der Waals surface area (Å²) in [5.41, 5.74) is -0.218. The van der Waals surface area contributed by atoms with Gasteiger partial charge in [-0.3, -0.25) is 10.1 Å². The molecule has 0 amide bonds. The van der Waals surface area contributed by atoms with E-state index in [2.05, 4.69) is 5.32 Å². The summed E-state index contributed by atoms with van der Waals surface area (Å²) in [6, 6.07) is 3.94. The maximum Gasteiger partial charge on any atom is 0.342 e. The number of nitro groups is 1. The number of nitrogens with one attached hydrogen (secondary N) is 1. The Morgan fingerprint density at radius 1 is 1.56 bits per heavy atom. The van der Waals surface area contributed by atoms with Crippen LogP contribution in [0.1, 0.15) is 16.8 Å². The fourth-order valence-corrected chi connectivity index (χ4v) is 1.42. The fourth-order valence-electron chi connectivity index (χ4n) is 1.42. The van der Waals surface area contributed by atoms with Crippen LogP contribution in [0.15, 0.2) is 18.2 Å². The van der Waals surface area contributed by atoms with Crippen molar-refractivity contribution in [2.24, 2.45) is 0 Å². The van der Waals surface area contributed by atoms with Gasteiger partial charge in [-0.05, 0) is 18.6 Å². The zero-order valence-electron chi connectivity index (χ0n) is 9.88. The number of benzene rings is 1. The number of ether oxygens (including phenoxy) is 1. The van der Waals surface area contributed by atoms with Crippen LogP contribution >= 0.6 is 0 Å². The summed E-state index contributed by atoms with van der Waals surface area (Å²) in [5.74, 6) is -1.31. The van der Waals surface area contributed by atoms with E-state index >= 15 is 0 Å². The minimum atomic E-state index is -1.31. The molecule has 1 aromatic carbocycles. The van der Waals surface area contributed by atoms with Gasteiger partial charge in [-0.2, -0.15) is 0 Å². The highest BCUT2D eigenvalue weighted by molar-refractivity contribution is 5.93. The highest BCUT2D eigenvalue weighted by Gasteiger charge is 2.19. The summed E-state index contributed by atoms with van der Waals surface area (Å²) < 4.78 is 4.87. The molecule has 0 aliphatic heterocycles. The number of hydrogen-bond donors (Lipinski definition) is 2. The second-order valence-electron chi connectivity index (χ2n) is 3.57. The van der Waals surface area contributed by atoms with Crippen LogP contribution in [0.25, 0.3) is 0 Å². The number of methoxy groups -OCH3 is 1. The molecule has 0 heterocycles. The van der Waals surface area contributed by atoms with E-state index in [0.717, 1.165) is 6.42 Å². The van der Waals surface area contributed by atoms with E-state index < -0.39 is 16.6 Å². The molecular weight excluding hydrogens is 240 g/mol. The summed E-state index contributed by atoms with van der Waals surface area (Å²) in [7, 11) is 1.59. The van der Waals surface area contributed by atoms with E-state index in [1.54, 1.807) is 7.11 Å². The van der Waals surface area contributed by atoms with Crippen LogP contribution in [0.2, 0.25) is 0 Å². The summed E-state index contributed by atoms with van der Waals surface area (Å²) in [6.45, 7) is 1.18. The molecule has 98 valence electrons. The lowest BCUT2D eigenvalue weighted by Crippen LogP contribution is -2.07. The molecule has 0 saturated carbocycles. The lowest BCUT2D eigenvalue weighted by atomic mass is 10.1. The normalized spacial score (nSPS) is 10.1. The third kappa shape index (κ3) is 3.70. The van der Waals surface area contributed by atoms with Crippen LogP contribution < -0.4 is 5.32 Å². The lowest BCUT2D eigenvalue weighted by Gasteiger charge is -2.06. The summed E-state index contributed by atoms with van der Waals surface area (Å²) in [6.07, 6.45) is 0.755. The number of aromatic carboxylic acids is 1. The van der Waals surface area contributed by atoms with Crippen molar-refractivity contribution in [3.05, 3.63) is 33.9 Å². The number of nitro benzene ring substituents is 1. The SMILES string of the molecule is COCCCNc1ccc(C(=O)O)c([N+](=O)[O-])c1. The van der Waals surface area contributed by atoms with Gasteiger partial charge in [0.05, 0.1) is 4.92 Å². The Balaban J connectivity index is 2.80. The van der Waals surface area contributed by atoms with Crippen LogP contribution in [0.3, 0.4) is 0 Å². The molecule has 0 radical (unpaired) electrons. The average molecular weight is 254 g/mol. The van der Waals surface area contributed by atoms with Crippen molar-refractivity contribution in [2.45, 2.75) is 6.42 Å². The molecule has 0 aliphatic rings. The molecule has 0 saturated heterocycles. The standard InChI is InChI=1S/C11H14N2O5/c1-18-6-2-5-12-8-3-4-9(11(14)15)10(7-8)13(16)17/h3-4,7,12H,2,5-6H2,1H3,(H,14,15). The number of carboxylic acids is 1. The molecule has 18 heavy (non-hydrogen) atoms. The van der Waals surface area contributed by atoms with Crippen molar-refractivity contribution in [2.75, 3.05) is 25.6 Å². The highest BCUT2D eigenvalue weighted by Crippen LogP contribution is 2.23. The molecule has 0 aliphatic carbocycles. The summed E-state index contributed by atoms with van der Waals surface area (Å²) >= 11 is 0. The summed E-state index contributed by atoms with van der Waals surface area (Å²) in [5, 5.41) is 22.5. The first-order chi connectivity index (χ1) is 8.56. The molecule has 0 atom stereocenters. The molecule has 1 aromatic rings. The zero-order valence-corrected chi connectivity index (χ0v) is 9.88. The predicted molar refractivity (Wildman–Crippen MR) is 65.0 cm³/mol. The van der Waals surface area contributed by atoms with Crippen LogP contribution in [0, 0.1) is 10.1 Å². The number of carbonyl (C=O) groups is 1. The van der Waals surface area contributed by atoms with Gasteiger partial charge < -0.3 is 15.2 Å². The molecule has 0 spiro atoms. The lowest BCUT2D eigenvalue weighted by molar-refractivity contribution is -0.385. The monoisotopic (exact) mass is 254 g/mol. The van der Waals surface area contributed by atoms with E-state index in [1.807, 2.05) is 0 Å². The van der Waals surface area contributed by atoms with E-state index in [0.29, 0.717) is 18.8 Å². The minimum absolute atomic E-state index is 0.317. The molecule has 0 bridgehead atoms. The van der Waals surface area contributed by atoms with E-state index in [-0.39, 0.29) is 5.56 Å². The first kappa shape index (κ1) is 13.9. The smallest absolute Gasteiger partial charge is 0.342 e. The maximum atomic E-state index is 10.8. The molecule has 0 fully saturated rings. The maximum absolute atomic E-state index is 10.8. The van der Waals surface area contributed by atoms with Gasteiger partial charge in [0.2, 0.25) is 0 Å². The van der Waals surface area contributed by atoms with Crippen molar-refractivity contribution in [3.63, 3.8) is 0 Å². The van der Waals surface area contributed by atoms with Crippen molar-refractivity contribution < 1.29 is 19.6 Å². The first-order valence-corrected chi connectivity index (χ1v) is 5.30. The van der Waals surface area contributed by atoms with Crippen LogP contribution in [-0.4, -0.2) is 36.3 Å². The first-order valence-electron chi connectivity index (χ1n) is 5.30.